The Bertz CT molecular complexity index is 1050. The van der Waals surface area contributed by atoms with Crippen LogP contribution in [0.3, 0.4) is 0 Å². The van der Waals surface area contributed by atoms with Gasteiger partial charge in [0.15, 0.2) is 0 Å². The molecule has 3 aliphatic rings. The van der Waals surface area contributed by atoms with Gasteiger partial charge < -0.3 is 29.5 Å². The van der Waals surface area contributed by atoms with Crippen LogP contribution in [0.2, 0.25) is 0 Å². The van der Waals surface area contributed by atoms with Crippen molar-refractivity contribution in [3.8, 4) is 0 Å². The molecule has 9 unspecified atom stereocenters. The van der Waals surface area contributed by atoms with Gasteiger partial charge in [-0.05, 0) is 82.0 Å². The molecule has 45 heavy (non-hydrogen) atoms. The largest absolute Gasteiger partial charge is 0.481 e. The maximum absolute atomic E-state index is 13.3. The van der Waals surface area contributed by atoms with Crippen molar-refractivity contribution in [2.45, 2.75) is 91.9 Å². The van der Waals surface area contributed by atoms with Crippen LogP contribution in [0.25, 0.3) is 0 Å². The Kier molecular flexibility index (Phi) is 12.8. The van der Waals surface area contributed by atoms with E-state index in [-0.39, 0.29) is 44.0 Å². The van der Waals surface area contributed by atoms with Crippen LogP contribution >= 0.6 is 0 Å². The van der Waals surface area contributed by atoms with E-state index in [9.17, 15) is 44.1 Å². The number of ether oxygens (including phenoxy) is 3. The first-order valence-electron chi connectivity index (χ1n) is 16.4. The molecule has 3 aliphatic carbocycles. The number of aliphatic carboxylic acids is 3. The third-order valence-corrected chi connectivity index (χ3v) is 10.5. The molecule has 12 nitrogen and oxygen atoms in total. The minimum atomic E-state index is -1.22. The highest BCUT2D eigenvalue weighted by molar-refractivity contribution is 5.83. The smallest absolute Gasteiger partial charge is 0.309 e. The Morgan fingerprint density at radius 1 is 0.511 bits per heavy atom. The van der Waals surface area contributed by atoms with Crippen molar-refractivity contribution >= 4 is 35.8 Å². The summed E-state index contributed by atoms with van der Waals surface area (Å²) in [6, 6.07) is 0. The maximum atomic E-state index is 13.3. The van der Waals surface area contributed by atoms with Crippen LogP contribution in [-0.4, -0.2) is 71.0 Å². The number of hydrogen-bond acceptors (Lipinski definition) is 9. The van der Waals surface area contributed by atoms with Gasteiger partial charge in [-0.25, -0.2) is 0 Å². The molecule has 3 rings (SSSR count). The van der Waals surface area contributed by atoms with Crippen molar-refractivity contribution in [1.29, 1.82) is 0 Å². The van der Waals surface area contributed by atoms with Gasteiger partial charge in [0, 0.05) is 0 Å². The molecule has 12 heteroatoms. The second kappa shape index (κ2) is 15.9. The van der Waals surface area contributed by atoms with Crippen molar-refractivity contribution in [3.05, 3.63) is 0 Å². The zero-order valence-corrected chi connectivity index (χ0v) is 26.9. The normalized spacial score (nSPS) is 33.2. The van der Waals surface area contributed by atoms with Gasteiger partial charge in [0.05, 0.1) is 40.9 Å². The van der Waals surface area contributed by atoms with Crippen LogP contribution < -0.4 is 0 Å². The number of esters is 3. The second-order valence-corrected chi connectivity index (χ2v) is 14.1. The van der Waals surface area contributed by atoms with Crippen molar-refractivity contribution in [3.63, 3.8) is 0 Å². The summed E-state index contributed by atoms with van der Waals surface area (Å²) < 4.78 is 17.1. The molecular formula is C33H50O12. The molecule has 0 heterocycles. The molecule has 0 amide bonds. The van der Waals surface area contributed by atoms with Crippen LogP contribution in [0.4, 0.5) is 0 Å². The average molecular weight is 639 g/mol. The lowest BCUT2D eigenvalue weighted by Gasteiger charge is -2.36. The van der Waals surface area contributed by atoms with Gasteiger partial charge in [-0.2, -0.15) is 0 Å². The fourth-order valence-corrected chi connectivity index (χ4v) is 7.23. The Labute approximate surface area is 264 Å². The zero-order valence-electron chi connectivity index (χ0n) is 26.9. The molecule has 3 N–H and O–H groups in total. The van der Waals surface area contributed by atoms with E-state index in [1.807, 2.05) is 20.8 Å². The number of hydrogen-bond donors (Lipinski definition) is 3. The summed E-state index contributed by atoms with van der Waals surface area (Å²) in [6.45, 7) is 6.55. The molecule has 0 bridgehead atoms. The summed E-state index contributed by atoms with van der Waals surface area (Å²) in [5, 5.41) is 29.2. The summed E-state index contributed by atoms with van der Waals surface area (Å²) >= 11 is 0. The maximum Gasteiger partial charge on any atom is 0.309 e. The monoisotopic (exact) mass is 638 g/mol. The molecule has 0 aromatic carbocycles. The molecule has 254 valence electrons. The van der Waals surface area contributed by atoms with Crippen molar-refractivity contribution < 1.29 is 58.3 Å². The number of carboxylic acid groups (broad SMARTS) is 3. The Balaban J connectivity index is 1.79. The van der Waals surface area contributed by atoms with Gasteiger partial charge in [0.2, 0.25) is 0 Å². The molecule has 9 atom stereocenters. The van der Waals surface area contributed by atoms with Crippen LogP contribution in [0.5, 0.6) is 0 Å². The van der Waals surface area contributed by atoms with E-state index in [0.717, 1.165) is 0 Å². The minimum Gasteiger partial charge on any atom is -0.481 e. The van der Waals surface area contributed by atoms with E-state index in [4.69, 9.17) is 14.2 Å². The van der Waals surface area contributed by atoms with Crippen molar-refractivity contribution in [2.75, 3.05) is 19.8 Å². The predicted octanol–water partition coefficient (Wildman–Crippen LogP) is 4.42. The number of carboxylic acids is 3. The molecule has 0 spiro atoms. The van der Waals surface area contributed by atoms with Crippen molar-refractivity contribution in [1.82, 2.24) is 0 Å². The van der Waals surface area contributed by atoms with Gasteiger partial charge in [0.1, 0.15) is 19.8 Å². The van der Waals surface area contributed by atoms with Gasteiger partial charge >= 0.3 is 35.8 Å². The summed E-state index contributed by atoms with van der Waals surface area (Å²) in [5.41, 5.74) is -1.22. The average Bonchev–Trinajstić information content (AvgIpc) is 2.99. The summed E-state index contributed by atoms with van der Waals surface area (Å²) in [4.78, 5) is 75.4. The van der Waals surface area contributed by atoms with Gasteiger partial charge in [-0.1, -0.05) is 27.7 Å². The molecule has 0 aromatic rings. The van der Waals surface area contributed by atoms with Crippen molar-refractivity contribution in [2.24, 2.45) is 58.7 Å². The SMILES string of the molecule is CCC(COC(=O)C1CCC(C)CC1C(=O)O)(COC(=O)C1CC(C)CCC1C(=O)O)COC(=O)C1CC(C)CCC1C(=O)O. The molecule has 0 aromatic heterocycles. The van der Waals surface area contributed by atoms with E-state index in [2.05, 4.69) is 0 Å². The van der Waals surface area contributed by atoms with E-state index < -0.39 is 76.7 Å². The minimum absolute atomic E-state index is 0.136. The molecule has 0 radical (unpaired) electrons. The molecule has 3 fully saturated rings. The summed E-state index contributed by atoms with van der Waals surface area (Å²) in [7, 11) is 0. The van der Waals surface area contributed by atoms with E-state index >= 15 is 0 Å². The highest BCUT2D eigenvalue weighted by Crippen LogP contribution is 2.38. The standard InChI is InChI=1S/C33H50O12/c1-5-33(15-43-30(40)23-11-8-18(2)12-24(23)29(38)39,16-44-31(41)25-13-19(3)6-9-21(25)27(34)35)17-45-32(42)26-14-20(4)7-10-22(26)28(36)37/h18-26H,5-17H2,1-4H3,(H,34,35)(H,36,37)(H,38,39). The van der Waals surface area contributed by atoms with Crippen LogP contribution in [0, 0.1) is 58.7 Å². The fourth-order valence-electron chi connectivity index (χ4n) is 7.23. The number of carbonyl (C=O) groups excluding carboxylic acids is 3. The Morgan fingerprint density at radius 3 is 1.16 bits per heavy atom. The Hall–Kier alpha value is -3.18. The first-order chi connectivity index (χ1) is 21.2. The van der Waals surface area contributed by atoms with Crippen LogP contribution in [-0.2, 0) is 43.0 Å². The van der Waals surface area contributed by atoms with Gasteiger partial charge in [0.25, 0.3) is 0 Å². The molecule has 3 saturated carbocycles. The van der Waals surface area contributed by atoms with Gasteiger partial charge in [-0.3, -0.25) is 28.8 Å². The number of rotatable bonds is 13. The highest BCUT2D eigenvalue weighted by Gasteiger charge is 2.44. The van der Waals surface area contributed by atoms with E-state index in [1.165, 1.54) is 0 Å². The molecule has 0 saturated heterocycles. The fraction of sp³-hybridized carbons (Fsp3) is 0.818. The number of carbonyl (C=O) groups is 6. The molecule has 0 aliphatic heterocycles. The molecular weight excluding hydrogens is 588 g/mol. The zero-order chi connectivity index (χ0) is 33.5. The first-order valence-corrected chi connectivity index (χ1v) is 16.4. The van der Waals surface area contributed by atoms with E-state index in [0.29, 0.717) is 57.8 Å². The Morgan fingerprint density at radius 2 is 0.822 bits per heavy atom. The summed E-state index contributed by atoms with van der Waals surface area (Å²) in [6.07, 6.45) is 4.35. The topological polar surface area (TPSA) is 191 Å². The van der Waals surface area contributed by atoms with Crippen LogP contribution in [0.1, 0.15) is 91.9 Å². The lowest BCUT2D eigenvalue weighted by Crippen LogP contribution is -2.44. The quantitative estimate of drug-likeness (QED) is 0.190. The van der Waals surface area contributed by atoms with Crippen LogP contribution in [0.15, 0.2) is 0 Å². The van der Waals surface area contributed by atoms with E-state index in [1.54, 1.807) is 6.92 Å². The third-order valence-electron chi connectivity index (χ3n) is 10.5. The lowest BCUT2D eigenvalue weighted by atomic mass is 9.74. The third kappa shape index (κ3) is 9.42. The first kappa shape index (κ1) is 36.3. The second-order valence-electron chi connectivity index (χ2n) is 14.1. The highest BCUT2D eigenvalue weighted by atomic mass is 16.6. The lowest BCUT2D eigenvalue weighted by molar-refractivity contribution is -0.176. The van der Waals surface area contributed by atoms with Gasteiger partial charge in [-0.15, -0.1) is 0 Å². The summed E-state index contributed by atoms with van der Waals surface area (Å²) in [5.74, 6) is -10.1. The predicted molar refractivity (Wildman–Crippen MR) is 158 cm³/mol.